The molecule has 1 aromatic heterocycles. The molecular weight excluding hydrogens is 244 g/mol. The van der Waals surface area contributed by atoms with Gasteiger partial charge in [0.15, 0.2) is 0 Å². The number of hydrogen-bond donors (Lipinski definition) is 1. The summed E-state index contributed by atoms with van der Waals surface area (Å²) >= 11 is 0. The SMILES string of the molecule is COC(=O)C(N)Cc1cn(C(C)=O)c2ccccc12. The van der Waals surface area contributed by atoms with E-state index in [-0.39, 0.29) is 5.91 Å². The predicted molar refractivity (Wildman–Crippen MR) is 71.9 cm³/mol. The number of nitrogens with two attached hydrogens (primary N) is 1. The third kappa shape index (κ3) is 2.51. The van der Waals surface area contributed by atoms with Crippen molar-refractivity contribution >= 4 is 22.8 Å². The highest BCUT2D eigenvalue weighted by atomic mass is 16.5. The summed E-state index contributed by atoms with van der Waals surface area (Å²) in [5, 5.41) is 0.928. The number of methoxy groups -OCH3 is 1. The molecule has 19 heavy (non-hydrogen) atoms. The third-order valence-corrected chi connectivity index (χ3v) is 3.08. The topological polar surface area (TPSA) is 74.3 Å². The van der Waals surface area contributed by atoms with Crippen molar-refractivity contribution in [1.82, 2.24) is 4.57 Å². The van der Waals surface area contributed by atoms with Crippen LogP contribution in [0, 0.1) is 0 Å². The quantitative estimate of drug-likeness (QED) is 0.845. The highest BCUT2D eigenvalue weighted by Crippen LogP contribution is 2.22. The molecule has 0 amide bonds. The summed E-state index contributed by atoms with van der Waals surface area (Å²) in [6, 6.07) is 6.81. The molecule has 5 nitrogen and oxygen atoms in total. The molecule has 0 aliphatic heterocycles. The van der Waals surface area contributed by atoms with Crippen LogP contribution in [0.3, 0.4) is 0 Å². The van der Waals surface area contributed by atoms with Crippen LogP contribution in [-0.2, 0) is 16.0 Å². The maximum atomic E-state index is 11.6. The largest absolute Gasteiger partial charge is 0.468 e. The second kappa shape index (κ2) is 5.24. The van der Waals surface area contributed by atoms with Crippen molar-refractivity contribution in [3.05, 3.63) is 36.0 Å². The molecular formula is C14H16N2O3. The summed E-state index contributed by atoms with van der Waals surface area (Å²) in [5.41, 5.74) is 7.45. The van der Waals surface area contributed by atoms with Crippen molar-refractivity contribution in [2.75, 3.05) is 7.11 Å². The molecule has 1 aromatic carbocycles. The molecule has 0 saturated carbocycles. The first-order valence-electron chi connectivity index (χ1n) is 5.98. The minimum atomic E-state index is -0.726. The second-order valence-electron chi connectivity index (χ2n) is 4.39. The van der Waals surface area contributed by atoms with Gasteiger partial charge >= 0.3 is 5.97 Å². The number of rotatable bonds is 3. The Balaban J connectivity index is 2.44. The van der Waals surface area contributed by atoms with Gasteiger partial charge in [-0.15, -0.1) is 0 Å². The van der Waals surface area contributed by atoms with Gasteiger partial charge < -0.3 is 10.5 Å². The number of nitrogens with zero attached hydrogens (tertiary/aromatic N) is 1. The lowest BCUT2D eigenvalue weighted by molar-refractivity contribution is -0.142. The maximum absolute atomic E-state index is 11.6. The van der Waals surface area contributed by atoms with E-state index in [2.05, 4.69) is 4.74 Å². The van der Waals surface area contributed by atoms with Crippen molar-refractivity contribution in [2.24, 2.45) is 5.73 Å². The Labute approximate surface area is 110 Å². The molecule has 2 aromatic rings. The first-order chi connectivity index (χ1) is 9.04. The number of ether oxygens (including phenoxy) is 1. The fraction of sp³-hybridized carbons (Fsp3) is 0.286. The highest BCUT2D eigenvalue weighted by molar-refractivity contribution is 5.94. The van der Waals surface area contributed by atoms with Crippen molar-refractivity contribution in [3.63, 3.8) is 0 Å². The van der Waals surface area contributed by atoms with Gasteiger partial charge in [0, 0.05) is 24.9 Å². The smallest absolute Gasteiger partial charge is 0.322 e. The van der Waals surface area contributed by atoms with Gasteiger partial charge in [-0.25, -0.2) is 0 Å². The van der Waals surface area contributed by atoms with Crippen LogP contribution in [0.4, 0.5) is 0 Å². The second-order valence-corrected chi connectivity index (χ2v) is 4.39. The Morgan fingerprint density at radius 2 is 2.05 bits per heavy atom. The van der Waals surface area contributed by atoms with Crippen LogP contribution in [0.25, 0.3) is 10.9 Å². The molecule has 0 spiro atoms. The number of para-hydroxylation sites is 1. The molecule has 2 N–H and O–H groups in total. The predicted octanol–water partition coefficient (Wildman–Crippen LogP) is 1.34. The Morgan fingerprint density at radius 1 is 1.37 bits per heavy atom. The Morgan fingerprint density at radius 3 is 2.68 bits per heavy atom. The number of fused-ring (bicyclic) bond motifs is 1. The first-order valence-corrected chi connectivity index (χ1v) is 5.98. The normalized spacial score (nSPS) is 12.4. The lowest BCUT2D eigenvalue weighted by Crippen LogP contribution is -2.33. The number of esters is 1. The number of carbonyl (C=O) groups is 2. The molecule has 0 saturated heterocycles. The van der Waals surface area contributed by atoms with Crippen molar-refractivity contribution in [1.29, 1.82) is 0 Å². The van der Waals surface area contributed by atoms with Crippen molar-refractivity contribution in [3.8, 4) is 0 Å². The van der Waals surface area contributed by atoms with Crippen LogP contribution < -0.4 is 5.73 Å². The van der Waals surface area contributed by atoms with Crippen molar-refractivity contribution in [2.45, 2.75) is 19.4 Å². The van der Waals surface area contributed by atoms with Gasteiger partial charge in [-0.05, 0) is 11.6 Å². The van der Waals surface area contributed by atoms with E-state index in [1.165, 1.54) is 14.0 Å². The Bertz CT molecular complexity index is 631. The molecule has 1 unspecified atom stereocenters. The molecule has 100 valence electrons. The van der Waals surface area contributed by atoms with E-state index in [0.717, 1.165) is 16.5 Å². The monoisotopic (exact) mass is 260 g/mol. The molecule has 2 rings (SSSR count). The van der Waals surface area contributed by atoms with Gasteiger partial charge in [-0.1, -0.05) is 18.2 Å². The van der Waals surface area contributed by atoms with Gasteiger partial charge in [0.2, 0.25) is 5.91 Å². The molecule has 0 bridgehead atoms. The summed E-state index contributed by atoms with van der Waals surface area (Å²) < 4.78 is 6.18. The summed E-state index contributed by atoms with van der Waals surface area (Å²) in [6.45, 7) is 1.50. The van der Waals surface area contributed by atoms with Gasteiger partial charge in [0.1, 0.15) is 6.04 Å². The van der Waals surface area contributed by atoms with E-state index in [9.17, 15) is 9.59 Å². The number of aromatic nitrogens is 1. The van der Waals surface area contributed by atoms with Crippen LogP contribution in [0.1, 0.15) is 17.3 Å². The van der Waals surface area contributed by atoms with Gasteiger partial charge in [0.25, 0.3) is 0 Å². The lowest BCUT2D eigenvalue weighted by Gasteiger charge is -2.07. The van der Waals surface area contributed by atoms with Crippen LogP contribution in [0.15, 0.2) is 30.5 Å². The fourth-order valence-electron chi connectivity index (χ4n) is 2.14. The summed E-state index contributed by atoms with van der Waals surface area (Å²) in [6.07, 6.45) is 2.07. The molecule has 1 heterocycles. The van der Waals surface area contributed by atoms with Crippen LogP contribution in [0.5, 0.6) is 0 Å². The zero-order valence-corrected chi connectivity index (χ0v) is 10.9. The molecule has 0 radical (unpaired) electrons. The summed E-state index contributed by atoms with van der Waals surface area (Å²) in [5.74, 6) is -0.534. The zero-order chi connectivity index (χ0) is 14.0. The van der Waals surface area contributed by atoms with Gasteiger partial charge in [-0.3, -0.25) is 14.2 Å². The van der Waals surface area contributed by atoms with E-state index >= 15 is 0 Å². The van der Waals surface area contributed by atoms with E-state index in [1.54, 1.807) is 10.8 Å². The molecule has 5 heteroatoms. The minimum Gasteiger partial charge on any atom is -0.468 e. The fourth-order valence-corrected chi connectivity index (χ4v) is 2.14. The number of benzene rings is 1. The van der Waals surface area contributed by atoms with Crippen LogP contribution in [-0.4, -0.2) is 29.6 Å². The average molecular weight is 260 g/mol. The Hall–Kier alpha value is -2.14. The minimum absolute atomic E-state index is 0.0749. The van der Waals surface area contributed by atoms with Gasteiger partial charge in [0.05, 0.1) is 12.6 Å². The Kier molecular flexibility index (Phi) is 3.66. The van der Waals surface area contributed by atoms with Crippen LogP contribution >= 0.6 is 0 Å². The standard InChI is InChI=1S/C14H16N2O3/c1-9(17)16-8-10(7-12(15)14(18)19-2)11-5-3-4-6-13(11)16/h3-6,8,12H,7,15H2,1-2H3. The molecule has 0 aliphatic carbocycles. The van der Waals surface area contributed by atoms with Crippen molar-refractivity contribution < 1.29 is 14.3 Å². The van der Waals surface area contributed by atoms with E-state index < -0.39 is 12.0 Å². The van der Waals surface area contributed by atoms with E-state index in [4.69, 9.17) is 5.73 Å². The number of hydrogen-bond acceptors (Lipinski definition) is 4. The third-order valence-electron chi connectivity index (χ3n) is 3.08. The molecule has 1 atom stereocenters. The zero-order valence-electron chi connectivity index (χ0n) is 10.9. The highest BCUT2D eigenvalue weighted by Gasteiger charge is 2.18. The molecule has 0 fully saturated rings. The van der Waals surface area contributed by atoms with Gasteiger partial charge in [-0.2, -0.15) is 0 Å². The average Bonchev–Trinajstić information content (AvgIpc) is 2.77. The van der Waals surface area contributed by atoms with Crippen LogP contribution in [0.2, 0.25) is 0 Å². The van der Waals surface area contributed by atoms with E-state index in [1.807, 2.05) is 24.3 Å². The first kappa shape index (κ1) is 13.3. The lowest BCUT2D eigenvalue weighted by atomic mass is 10.1. The summed E-state index contributed by atoms with van der Waals surface area (Å²) in [4.78, 5) is 23.0. The number of carbonyl (C=O) groups excluding carboxylic acids is 2. The van der Waals surface area contributed by atoms with E-state index in [0.29, 0.717) is 6.42 Å². The molecule has 0 aliphatic rings. The maximum Gasteiger partial charge on any atom is 0.322 e. The summed E-state index contributed by atoms with van der Waals surface area (Å²) in [7, 11) is 1.31.